The van der Waals surface area contributed by atoms with Crippen molar-refractivity contribution in [1.82, 2.24) is 5.32 Å². The van der Waals surface area contributed by atoms with Gasteiger partial charge in [0.25, 0.3) is 0 Å². The Morgan fingerprint density at radius 2 is 2.00 bits per heavy atom. The number of esters is 1. The van der Waals surface area contributed by atoms with Crippen molar-refractivity contribution in [2.45, 2.75) is 56.5 Å². The number of nitrogens with one attached hydrogen (secondary N) is 1. The summed E-state index contributed by atoms with van der Waals surface area (Å²) in [6.07, 6.45) is 9.79. The monoisotopic (exact) mass is 252 g/mol. The zero-order chi connectivity index (χ0) is 13.0. The zero-order valence-electron chi connectivity index (χ0n) is 11.4. The smallest absolute Gasteiger partial charge is 0.308 e. The van der Waals surface area contributed by atoms with E-state index in [1.807, 2.05) is 7.05 Å². The van der Waals surface area contributed by atoms with Crippen molar-refractivity contribution >= 4 is 12.2 Å². The SMILES string of the molecule is CN=CC1(NC2CCC(C(=O)OC)CC2)CCC1. The molecule has 0 heterocycles. The maximum absolute atomic E-state index is 11.5. The molecule has 0 bridgehead atoms. The normalized spacial score (nSPS) is 31.0. The minimum absolute atomic E-state index is 0.0399. The molecule has 0 amide bonds. The van der Waals surface area contributed by atoms with E-state index in [9.17, 15) is 4.79 Å². The van der Waals surface area contributed by atoms with Crippen LogP contribution in [-0.2, 0) is 9.53 Å². The first-order chi connectivity index (χ1) is 8.69. The van der Waals surface area contributed by atoms with Gasteiger partial charge in [0.15, 0.2) is 0 Å². The van der Waals surface area contributed by atoms with Crippen LogP contribution in [0.25, 0.3) is 0 Å². The van der Waals surface area contributed by atoms with Gasteiger partial charge in [-0.1, -0.05) is 0 Å². The van der Waals surface area contributed by atoms with E-state index in [0.717, 1.165) is 25.7 Å². The molecule has 2 aliphatic carbocycles. The van der Waals surface area contributed by atoms with Crippen LogP contribution in [0.2, 0.25) is 0 Å². The molecule has 0 aromatic rings. The van der Waals surface area contributed by atoms with Crippen molar-refractivity contribution in [2.24, 2.45) is 10.9 Å². The van der Waals surface area contributed by atoms with Crippen LogP contribution >= 0.6 is 0 Å². The average molecular weight is 252 g/mol. The predicted octanol–water partition coefficient (Wildman–Crippen LogP) is 1.93. The first-order valence-corrected chi connectivity index (χ1v) is 6.98. The lowest BCUT2D eigenvalue weighted by atomic mass is 9.75. The second-order valence-corrected chi connectivity index (χ2v) is 5.61. The summed E-state index contributed by atoms with van der Waals surface area (Å²) >= 11 is 0. The number of nitrogens with zero attached hydrogens (tertiary/aromatic N) is 1. The van der Waals surface area contributed by atoms with Gasteiger partial charge in [-0.25, -0.2) is 0 Å². The molecule has 0 spiro atoms. The molecule has 2 saturated carbocycles. The summed E-state index contributed by atoms with van der Waals surface area (Å²) in [4.78, 5) is 15.7. The number of methoxy groups -OCH3 is 1. The van der Waals surface area contributed by atoms with Crippen LogP contribution in [-0.4, -0.2) is 37.9 Å². The predicted molar refractivity (Wildman–Crippen MR) is 71.9 cm³/mol. The molecule has 18 heavy (non-hydrogen) atoms. The Hall–Kier alpha value is -0.900. The second-order valence-electron chi connectivity index (χ2n) is 5.61. The second kappa shape index (κ2) is 5.83. The largest absolute Gasteiger partial charge is 0.469 e. The van der Waals surface area contributed by atoms with Crippen LogP contribution in [0.4, 0.5) is 0 Å². The fourth-order valence-corrected chi connectivity index (χ4v) is 3.16. The molecule has 2 aliphatic rings. The minimum atomic E-state index is -0.0399. The standard InChI is InChI=1S/C14H24N2O2/c1-15-10-14(8-3-9-14)16-12-6-4-11(5-7-12)13(17)18-2/h10-12,16H,3-9H2,1-2H3. The maximum atomic E-state index is 11.5. The highest BCUT2D eigenvalue weighted by Gasteiger charge is 2.38. The highest BCUT2D eigenvalue weighted by molar-refractivity contribution is 5.72. The number of hydrogen-bond acceptors (Lipinski definition) is 4. The van der Waals surface area contributed by atoms with Crippen molar-refractivity contribution in [3.63, 3.8) is 0 Å². The van der Waals surface area contributed by atoms with Gasteiger partial charge < -0.3 is 10.1 Å². The van der Waals surface area contributed by atoms with E-state index in [1.54, 1.807) is 0 Å². The van der Waals surface area contributed by atoms with Crippen molar-refractivity contribution < 1.29 is 9.53 Å². The highest BCUT2D eigenvalue weighted by Crippen LogP contribution is 2.33. The molecule has 0 aromatic carbocycles. The van der Waals surface area contributed by atoms with Crippen LogP contribution in [0, 0.1) is 5.92 Å². The summed E-state index contributed by atoms with van der Waals surface area (Å²) in [7, 11) is 3.32. The van der Waals surface area contributed by atoms with Gasteiger partial charge >= 0.3 is 5.97 Å². The van der Waals surface area contributed by atoms with Gasteiger partial charge in [0.2, 0.25) is 0 Å². The van der Waals surface area contributed by atoms with Crippen molar-refractivity contribution in [3.05, 3.63) is 0 Å². The number of ether oxygens (including phenoxy) is 1. The quantitative estimate of drug-likeness (QED) is 0.614. The molecular formula is C14H24N2O2. The van der Waals surface area contributed by atoms with E-state index in [1.165, 1.54) is 26.4 Å². The van der Waals surface area contributed by atoms with Gasteiger partial charge in [-0.3, -0.25) is 9.79 Å². The summed E-state index contributed by atoms with van der Waals surface area (Å²) in [5.74, 6) is 0.0761. The average Bonchev–Trinajstić information content (AvgIpc) is 2.36. The van der Waals surface area contributed by atoms with E-state index >= 15 is 0 Å². The zero-order valence-corrected chi connectivity index (χ0v) is 11.4. The Morgan fingerprint density at radius 3 is 2.44 bits per heavy atom. The van der Waals surface area contributed by atoms with Gasteiger partial charge in [0, 0.05) is 19.3 Å². The van der Waals surface area contributed by atoms with Gasteiger partial charge in [-0.2, -0.15) is 0 Å². The van der Waals surface area contributed by atoms with E-state index in [2.05, 4.69) is 16.5 Å². The number of carbonyl (C=O) groups excluding carboxylic acids is 1. The van der Waals surface area contributed by atoms with E-state index in [0.29, 0.717) is 6.04 Å². The van der Waals surface area contributed by atoms with Gasteiger partial charge in [0.05, 0.1) is 18.6 Å². The first-order valence-electron chi connectivity index (χ1n) is 6.98. The molecule has 2 rings (SSSR count). The molecule has 4 nitrogen and oxygen atoms in total. The Bertz CT molecular complexity index is 316. The first kappa shape index (κ1) is 13.5. The molecule has 102 valence electrons. The Balaban J connectivity index is 1.81. The molecule has 0 radical (unpaired) electrons. The van der Waals surface area contributed by atoms with Crippen LogP contribution < -0.4 is 5.32 Å². The molecule has 0 aliphatic heterocycles. The van der Waals surface area contributed by atoms with Crippen molar-refractivity contribution in [2.75, 3.05) is 14.2 Å². The molecule has 4 heteroatoms. The van der Waals surface area contributed by atoms with Crippen LogP contribution in [0.15, 0.2) is 4.99 Å². The molecule has 1 N–H and O–H groups in total. The van der Waals surface area contributed by atoms with Crippen molar-refractivity contribution in [1.29, 1.82) is 0 Å². The van der Waals surface area contributed by atoms with E-state index < -0.39 is 0 Å². The van der Waals surface area contributed by atoms with Gasteiger partial charge in [0.1, 0.15) is 0 Å². The summed E-state index contributed by atoms with van der Waals surface area (Å²) in [5.41, 5.74) is 0.150. The lowest BCUT2D eigenvalue weighted by Gasteiger charge is -2.43. The molecule has 0 saturated heterocycles. The minimum Gasteiger partial charge on any atom is -0.469 e. The number of carbonyl (C=O) groups is 1. The van der Waals surface area contributed by atoms with E-state index in [-0.39, 0.29) is 17.4 Å². The molecular weight excluding hydrogens is 228 g/mol. The van der Waals surface area contributed by atoms with Crippen LogP contribution in [0.5, 0.6) is 0 Å². The van der Waals surface area contributed by atoms with Crippen molar-refractivity contribution in [3.8, 4) is 0 Å². The lowest BCUT2D eigenvalue weighted by molar-refractivity contribution is -0.146. The fourth-order valence-electron chi connectivity index (χ4n) is 3.16. The van der Waals surface area contributed by atoms with Crippen LogP contribution in [0.1, 0.15) is 44.9 Å². The van der Waals surface area contributed by atoms with Gasteiger partial charge in [-0.15, -0.1) is 0 Å². The molecule has 0 unspecified atom stereocenters. The maximum Gasteiger partial charge on any atom is 0.308 e. The third-order valence-electron chi connectivity index (χ3n) is 4.38. The number of hydrogen-bond donors (Lipinski definition) is 1. The summed E-state index contributed by atoms with van der Waals surface area (Å²) in [6.45, 7) is 0. The Kier molecular flexibility index (Phi) is 4.38. The molecule has 2 fully saturated rings. The van der Waals surface area contributed by atoms with Gasteiger partial charge in [-0.05, 0) is 44.9 Å². The summed E-state index contributed by atoms with van der Waals surface area (Å²) < 4.78 is 4.82. The topological polar surface area (TPSA) is 50.7 Å². The van der Waals surface area contributed by atoms with Crippen LogP contribution in [0.3, 0.4) is 0 Å². The molecule has 0 aromatic heterocycles. The highest BCUT2D eigenvalue weighted by atomic mass is 16.5. The Morgan fingerprint density at radius 1 is 1.33 bits per heavy atom. The lowest BCUT2D eigenvalue weighted by Crippen LogP contribution is -2.57. The summed E-state index contributed by atoms with van der Waals surface area (Å²) in [5, 5.41) is 3.75. The fraction of sp³-hybridized carbons (Fsp3) is 0.857. The number of aliphatic imine (C=N–C) groups is 1. The number of rotatable bonds is 4. The Labute approximate surface area is 109 Å². The third kappa shape index (κ3) is 2.91. The summed E-state index contributed by atoms with van der Waals surface area (Å²) in [6, 6.07) is 0.532. The molecule has 0 atom stereocenters. The third-order valence-corrected chi connectivity index (χ3v) is 4.38. The van der Waals surface area contributed by atoms with E-state index in [4.69, 9.17) is 4.74 Å².